The molecule has 5 heteroatoms. The fraction of sp³-hybridized carbons (Fsp3) is 0.700. The minimum absolute atomic E-state index is 0.00565. The van der Waals surface area contributed by atoms with Crippen molar-refractivity contribution in [1.29, 1.82) is 0 Å². The molecule has 2 rings (SSSR count). The van der Waals surface area contributed by atoms with Crippen molar-refractivity contribution in [2.24, 2.45) is 21.9 Å². The van der Waals surface area contributed by atoms with Gasteiger partial charge in [-0.1, -0.05) is 25.6 Å². The Hall–Kier alpha value is -0.840. The van der Waals surface area contributed by atoms with Gasteiger partial charge >= 0.3 is 0 Å². The van der Waals surface area contributed by atoms with Crippen LogP contribution in [0.15, 0.2) is 15.6 Å². The zero-order valence-electron chi connectivity index (χ0n) is 9.21. The number of thioether (sulfide) groups is 1. The van der Waals surface area contributed by atoms with Gasteiger partial charge in [0.2, 0.25) is 0 Å². The Bertz CT molecular complexity index is 328. The molecule has 1 unspecified atom stereocenters. The summed E-state index contributed by atoms with van der Waals surface area (Å²) in [7, 11) is 0. The number of rotatable bonds is 1. The summed E-state index contributed by atoms with van der Waals surface area (Å²) in [6, 6.07) is 0. The first-order valence-corrected chi connectivity index (χ1v) is 6.08. The van der Waals surface area contributed by atoms with E-state index < -0.39 is 0 Å². The fourth-order valence-corrected chi connectivity index (χ4v) is 3.43. The van der Waals surface area contributed by atoms with E-state index in [0.29, 0.717) is 5.41 Å². The van der Waals surface area contributed by atoms with E-state index in [1.165, 1.54) is 17.0 Å². The van der Waals surface area contributed by atoms with Crippen molar-refractivity contribution >= 4 is 17.7 Å². The normalized spacial score (nSPS) is 28.3. The number of hydrogen-bond acceptors (Lipinski definition) is 3. The Kier molecular flexibility index (Phi) is 2.58. The molecular weight excluding hydrogens is 208 g/mol. The number of nitrogens with one attached hydrogen (secondary N) is 1. The lowest BCUT2D eigenvalue weighted by molar-refractivity contribution is 0.318. The van der Waals surface area contributed by atoms with Crippen LogP contribution in [0.25, 0.3) is 0 Å². The molecule has 0 aromatic rings. The predicted octanol–water partition coefficient (Wildman–Crippen LogP) is 1.30. The van der Waals surface area contributed by atoms with Gasteiger partial charge in [0.1, 0.15) is 0 Å². The average molecular weight is 226 g/mol. The van der Waals surface area contributed by atoms with Gasteiger partial charge in [-0.25, -0.2) is 4.99 Å². The van der Waals surface area contributed by atoms with Crippen LogP contribution in [0, 0.1) is 5.41 Å². The number of guanidine groups is 1. The third-order valence-electron chi connectivity index (χ3n) is 2.85. The Balaban J connectivity index is 2.05. The predicted molar refractivity (Wildman–Crippen MR) is 65.0 cm³/mol. The van der Waals surface area contributed by atoms with Crippen LogP contribution < -0.4 is 16.8 Å². The van der Waals surface area contributed by atoms with Crippen LogP contribution in [0.4, 0.5) is 0 Å². The van der Waals surface area contributed by atoms with Gasteiger partial charge < -0.3 is 16.8 Å². The quantitative estimate of drug-likeness (QED) is 0.465. The number of aliphatic imine (C=N–C) groups is 1. The molecule has 0 amide bonds. The Morgan fingerprint density at radius 1 is 1.53 bits per heavy atom. The summed E-state index contributed by atoms with van der Waals surface area (Å²) in [5, 5.41) is 3.36. The standard InChI is InChI=1S/C10H18N4S/c1-10(2)4-3-6-7(5-10)15-9(13-6)14-8(11)12/h9,13H,3-5H2,1-2H3,(H4,11,12,14). The van der Waals surface area contributed by atoms with Crippen molar-refractivity contribution in [1.82, 2.24) is 5.32 Å². The molecule has 1 aliphatic carbocycles. The maximum Gasteiger partial charge on any atom is 0.188 e. The Morgan fingerprint density at radius 3 is 2.93 bits per heavy atom. The second-order valence-corrected chi connectivity index (χ2v) is 6.09. The van der Waals surface area contributed by atoms with Crippen LogP contribution in [-0.4, -0.2) is 11.5 Å². The van der Waals surface area contributed by atoms with Gasteiger partial charge in [-0.2, -0.15) is 0 Å². The molecule has 0 saturated carbocycles. The molecule has 0 aromatic carbocycles. The van der Waals surface area contributed by atoms with E-state index in [-0.39, 0.29) is 11.5 Å². The van der Waals surface area contributed by atoms with Crippen LogP contribution in [0.5, 0.6) is 0 Å². The third-order valence-corrected chi connectivity index (χ3v) is 3.97. The van der Waals surface area contributed by atoms with Crippen molar-refractivity contribution in [3.63, 3.8) is 0 Å². The molecule has 1 aliphatic heterocycles. The van der Waals surface area contributed by atoms with Gasteiger partial charge in [0.25, 0.3) is 0 Å². The van der Waals surface area contributed by atoms with E-state index >= 15 is 0 Å². The highest BCUT2D eigenvalue weighted by Crippen LogP contribution is 2.46. The van der Waals surface area contributed by atoms with Crippen molar-refractivity contribution in [3.8, 4) is 0 Å². The molecule has 5 N–H and O–H groups in total. The summed E-state index contributed by atoms with van der Waals surface area (Å²) in [5.74, 6) is 0.152. The fourth-order valence-electron chi connectivity index (χ4n) is 2.01. The van der Waals surface area contributed by atoms with Gasteiger partial charge in [0.15, 0.2) is 11.5 Å². The van der Waals surface area contributed by atoms with Gasteiger partial charge in [0, 0.05) is 10.6 Å². The van der Waals surface area contributed by atoms with Gasteiger partial charge in [-0.15, -0.1) is 0 Å². The minimum Gasteiger partial charge on any atom is -0.370 e. The van der Waals surface area contributed by atoms with Gasteiger partial charge in [-0.05, 0) is 24.7 Å². The number of nitrogens with two attached hydrogens (primary N) is 2. The maximum absolute atomic E-state index is 5.37. The number of allylic oxidation sites excluding steroid dienone is 2. The van der Waals surface area contributed by atoms with Crippen molar-refractivity contribution in [3.05, 3.63) is 10.6 Å². The van der Waals surface area contributed by atoms with Crippen LogP contribution in [0.2, 0.25) is 0 Å². The molecule has 0 aromatic heterocycles. The van der Waals surface area contributed by atoms with Crippen LogP contribution in [0.3, 0.4) is 0 Å². The maximum atomic E-state index is 5.37. The van der Waals surface area contributed by atoms with E-state index in [4.69, 9.17) is 11.5 Å². The SMILES string of the molecule is CC1(C)CCC2=C(C1)SC(N=C(N)N)N2. The topological polar surface area (TPSA) is 76.4 Å². The van der Waals surface area contributed by atoms with Crippen LogP contribution >= 0.6 is 11.8 Å². The zero-order valence-corrected chi connectivity index (χ0v) is 10.0. The van der Waals surface area contributed by atoms with Crippen LogP contribution in [0.1, 0.15) is 33.1 Å². The summed E-state index contributed by atoms with van der Waals surface area (Å²) < 4.78 is 0. The molecule has 0 radical (unpaired) electrons. The average Bonchev–Trinajstić information content (AvgIpc) is 2.42. The molecule has 84 valence electrons. The molecule has 0 fully saturated rings. The summed E-state index contributed by atoms with van der Waals surface area (Å²) in [6.07, 6.45) is 3.48. The first-order valence-electron chi connectivity index (χ1n) is 5.20. The molecule has 4 nitrogen and oxygen atoms in total. The Labute approximate surface area is 94.6 Å². The van der Waals surface area contributed by atoms with E-state index in [1.807, 2.05) is 0 Å². The summed E-state index contributed by atoms with van der Waals surface area (Å²) >= 11 is 1.75. The van der Waals surface area contributed by atoms with Gasteiger partial charge in [-0.3, -0.25) is 0 Å². The molecule has 1 atom stereocenters. The lowest BCUT2D eigenvalue weighted by atomic mass is 9.80. The van der Waals surface area contributed by atoms with E-state index in [1.54, 1.807) is 11.8 Å². The van der Waals surface area contributed by atoms with E-state index in [2.05, 4.69) is 24.2 Å². The second kappa shape index (κ2) is 3.63. The zero-order chi connectivity index (χ0) is 11.1. The first kappa shape index (κ1) is 10.7. The molecule has 0 bridgehead atoms. The van der Waals surface area contributed by atoms with E-state index in [0.717, 1.165) is 12.8 Å². The highest BCUT2D eigenvalue weighted by Gasteiger charge is 2.33. The first-order chi connectivity index (χ1) is 6.96. The molecule has 1 heterocycles. The summed E-state index contributed by atoms with van der Waals surface area (Å²) in [4.78, 5) is 5.56. The van der Waals surface area contributed by atoms with Crippen molar-refractivity contribution in [2.45, 2.75) is 38.6 Å². The third kappa shape index (κ3) is 2.40. The molecule has 0 saturated heterocycles. The Morgan fingerprint density at radius 2 is 2.27 bits per heavy atom. The van der Waals surface area contributed by atoms with Crippen molar-refractivity contribution < 1.29 is 0 Å². The molecular formula is C10H18N4S. The lowest BCUT2D eigenvalue weighted by Crippen LogP contribution is -2.28. The monoisotopic (exact) mass is 226 g/mol. The highest BCUT2D eigenvalue weighted by molar-refractivity contribution is 8.03. The highest BCUT2D eigenvalue weighted by atomic mass is 32.2. The minimum atomic E-state index is -0.00565. The molecule has 0 spiro atoms. The van der Waals surface area contributed by atoms with Crippen LogP contribution in [-0.2, 0) is 0 Å². The largest absolute Gasteiger partial charge is 0.370 e. The van der Waals surface area contributed by atoms with Crippen molar-refractivity contribution in [2.75, 3.05) is 0 Å². The summed E-state index contributed by atoms with van der Waals surface area (Å²) in [5.41, 5.74) is 12.5. The molecule has 15 heavy (non-hydrogen) atoms. The number of hydrogen-bond donors (Lipinski definition) is 3. The summed E-state index contributed by atoms with van der Waals surface area (Å²) in [6.45, 7) is 4.62. The van der Waals surface area contributed by atoms with E-state index in [9.17, 15) is 0 Å². The second-order valence-electron chi connectivity index (χ2n) is 4.91. The molecule has 2 aliphatic rings. The van der Waals surface area contributed by atoms with Gasteiger partial charge in [0.05, 0.1) is 0 Å². The lowest BCUT2D eigenvalue weighted by Gasteiger charge is -2.29. The number of nitrogens with zero attached hydrogens (tertiary/aromatic N) is 1. The smallest absolute Gasteiger partial charge is 0.188 e.